The van der Waals surface area contributed by atoms with Gasteiger partial charge in [0.15, 0.2) is 0 Å². The zero-order valence-electron chi connectivity index (χ0n) is 13.3. The minimum atomic E-state index is 0.00915. The highest BCUT2D eigenvalue weighted by Gasteiger charge is 2.28. The predicted octanol–water partition coefficient (Wildman–Crippen LogP) is 2.17. The summed E-state index contributed by atoms with van der Waals surface area (Å²) < 4.78 is 7.36. The highest BCUT2D eigenvalue weighted by atomic mass is 16.4. The topological polar surface area (TPSA) is 73.0 Å². The molecule has 2 heterocycles. The molecule has 1 amide bonds. The number of carbonyl (C=O) groups is 1. The van der Waals surface area contributed by atoms with E-state index in [1.54, 1.807) is 6.92 Å². The second kappa shape index (κ2) is 5.94. The Morgan fingerprint density at radius 1 is 1.36 bits per heavy atom. The molecule has 3 rings (SSSR count). The first-order valence-electron chi connectivity index (χ1n) is 7.75. The second-order valence-electron chi connectivity index (χ2n) is 6.19. The maximum atomic E-state index is 12.3. The molecule has 6 heteroatoms. The van der Waals surface area contributed by atoms with Crippen LogP contribution >= 0.6 is 0 Å². The fraction of sp³-hybridized carbons (Fsp3) is 0.562. The van der Waals surface area contributed by atoms with E-state index in [9.17, 15) is 4.79 Å². The van der Waals surface area contributed by atoms with Crippen molar-refractivity contribution in [1.82, 2.24) is 20.1 Å². The van der Waals surface area contributed by atoms with Crippen LogP contribution in [0.3, 0.4) is 0 Å². The molecule has 1 saturated carbocycles. The monoisotopic (exact) mass is 302 g/mol. The molecule has 2 aromatic heterocycles. The molecule has 0 saturated heterocycles. The Kier molecular flexibility index (Phi) is 4.00. The molecule has 1 fully saturated rings. The number of aryl methyl sites for hydroxylation is 2. The summed E-state index contributed by atoms with van der Waals surface area (Å²) in [6.45, 7) is 3.80. The first-order valence-corrected chi connectivity index (χ1v) is 7.75. The molecule has 2 aromatic rings. The smallest absolute Gasteiger partial charge is 0.268 e. The summed E-state index contributed by atoms with van der Waals surface area (Å²) in [5, 5.41) is 11.1. The van der Waals surface area contributed by atoms with Crippen LogP contribution < -0.4 is 5.32 Å². The van der Waals surface area contributed by atoms with E-state index < -0.39 is 0 Å². The highest BCUT2D eigenvalue weighted by Crippen LogP contribution is 2.28. The summed E-state index contributed by atoms with van der Waals surface area (Å²) in [5.74, 6) is 1.82. The van der Waals surface area contributed by atoms with Crippen LogP contribution in [-0.4, -0.2) is 26.7 Å². The average Bonchev–Trinajstić information content (AvgIpc) is 3.15. The third kappa shape index (κ3) is 3.05. The van der Waals surface area contributed by atoms with E-state index in [2.05, 4.69) is 15.5 Å². The molecule has 0 unspecified atom stereocenters. The normalized spacial score (nSPS) is 21.2. The zero-order chi connectivity index (χ0) is 15.7. The van der Waals surface area contributed by atoms with Crippen LogP contribution in [0.4, 0.5) is 0 Å². The van der Waals surface area contributed by atoms with Crippen LogP contribution in [0.15, 0.2) is 16.5 Å². The number of carbonyl (C=O) groups excluding carboxylic acids is 1. The third-order valence-electron chi connectivity index (χ3n) is 4.51. The van der Waals surface area contributed by atoms with Crippen molar-refractivity contribution in [2.45, 2.75) is 45.6 Å². The molecule has 0 aliphatic heterocycles. The minimum absolute atomic E-state index is 0.00915. The van der Waals surface area contributed by atoms with Crippen molar-refractivity contribution < 1.29 is 9.21 Å². The van der Waals surface area contributed by atoms with Crippen LogP contribution in [0.5, 0.6) is 0 Å². The van der Waals surface area contributed by atoms with E-state index >= 15 is 0 Å². The lowest BCUT2D eigenvalue weighted by Crippen LogP contribution is -2.34. The van der Waals surface area contributed by atoms with Crippen molar-refractivity contribution in [1.29, 1.82) is 0 Å². The molecular weight excluding hydrogens is 280 g/mol. The lowest BCUT2D eigenvalue weighted by Gasteiger charge is -2.13. The molecule has 6 nitrogen and oxygen atoms in total. The van der Waals surface area contributed by atoms with Gasteiger partial charge in [-0.3, -0.25) is 4.79 Å². The molecule has 0 radical (unpaired) electrons. The molecule has 1 aliphatic carbocycles. The van der Waals surface area contributed by atoms with E-state index in [1.807, 2.05) is 30.7 Å². The minimum Gasteiger partial charge on any atom is -0.426 e. The molecule has 22 heavy (non-hydrogen) atoms. The number of nitrogens with one attached hydrogen (secondary N) is 1. The van der Waals surface area contributed by atoms with Gasteiger partial charge >= 0.3 is 0 Å². The maximum Gasteiger partial charge on any atom is 0.268 e. The summed E-state index contributed by atoms with van der Waals surface area (Å²) in [5.41, 5.74) is 1.80. The molecule has 0 bridgehead atoms. The number of hydrogen-bond donors (Lipinski definition) is 1. The Morgan fingerprint density at radius 3 is 2.82 bits per heavy atom. The molecule has 118 valence electrons. The zero-order valence-corrected chi connectivity index (χ0v) is 13.3. The van der Waals surface area contributed by atoms with Gasteiger partial charge < -0.3 is 14.3 Å². The summed E-state index contributed by atoms with van der Waals surface area (Å²) in [6, 6.07) is 4.07. The maximum absolute atomic E-state index is 12.3. The van der Waals surface area contributed by atoms with Crippen LogP contribution in [0, 0.1) is 19.8 Å². The van der Waals surface area contributed by atoms with Crippen molar-refractivity contribution in [3.63, 3.8) is 0 Å². The molecule has 0 aromatic carbocycles. The van der Waals surface area contributed by atoms with Crippen molar-refractivity contribution in [3.05, 3.63) is 35.3 Å². The number of aromatic nitrogens is 3. The number of rotatable bonds is 4. The van der Waals surface area contributed by atoms with Gasteiger partial charge in [-0.1, -0.05) is 0 Å². The average molecular weight is 302 g/mol. The highest BCUT2D eigenvalue weighted by molar-refractivity contribution is 5.93. The lowest BCUT2D eigenvalue weighted by atomic mass is 10.0. The second-order valence-corrected chi connectivity index (χ2v) is 6.19. The van der Waals surface area contributed by atoms with Crippen LogP contribution in [0.1, 0.15) is 47.2 Å². The number of hydrogen-bond acceptors (Lipinski definition) is 4. The van der Waals surface area contributed by atoms with Crippen LogP contribution in [-0.2, 0) is 13.5 Å². The van der Waals surface area contributed by atoms with Gasteiger partial charge in [0.1, 0.15) is 5.69 Å². The Labute approximate surface area is 129 Å². The van der Waals surface area contributed by atoms with Gasteiger partial charge in [-0.15, -0.1) is 10.2 Å². The first kappa shape index (κ1) is 14.8. The van der Waals surface area contributed by atoms with Crippen LogP contribution in [0.2, 0.25) is 0 Å². The van der Waals surface area contributed by atoms with Gasteiger partial charge in [0.2, 0.25) is 11.8 Å². The lowest BCUT2D eigenvalue weighted by molar-refractivity contribution is 0.0928. The van der Waals surface area contributed by atoms with Crippen molar-refractivity contribution in [3.8, 4) is 0 Å². The number of nitrogens with zero attached hydrogens (tertiary/aromatic N) is 3. The molecule has 0 spiro atoms. The van der Waals surface area contributed by atoms with E-state index in [0.29, 0.717) is 23.4 Å². The fourth-order valence-corrected chi connectivity index (χ4v) is 3.16. The predicted molar refractivity (Wildman–Crippen MR) is 81.5 cm³/mol. The third-order valence-corrected chi connectivity index (χ3v) is 4.51. The SMILES string of the molecule is Cc1nnc(C[C@@H]2CC[C@H](NC(=O)c3ccc(C)n3C)C2)o1. The first-order chi connectivity index (χ1) is 10.5. The number of amides is 1. The Balaban J connectivity index is 1.54. The molecular formula is C16H22N4O2. The van der Waals surface area contributed by atoms with Crippen molar-refractivity contribution in [2.24, 2.45) is 13.0 Å². The van der Waals surface area contributed by atoms with E-state index in [4.69, 9.17) is 4.42 Å². The van der Waals surface area contributed by atoms with Gasteiger partial charge in [-0.25, -0.2) is 0 Å². The van der Waals surface area contributed by atoms with Gasteiger partial charge in [0.25, 0.3) is 5.91 Å². The summed E-state index contributed by atoms with van der Waals surface area (Å²) in [6.07, 6.45) is 3.86. The van der Waals surface area contributed by atoms with Gasteiger partial charge in [0.05, 0.1) is 0 Å². The summed E-state index contributed by atoms with van der Waals surface area (Å²) in [4.78, 5) is 12.3. The Bertz CT molecular complexity index is 673. The standard InChI is InChI=1S/C16H22N4O2/c1-10-4-7-14(20(10)3)16(21)17-13-6-5-12(8-13)9-15-19-18-11(2)22-15/h4,7,12-13H,5-6,8-9H2,1-3H3,(H,17,21)/t12-,13+/m1/s1. The Morgan fingerprint density at radius 2 is 2.18 bits per heavy atom. The fourth-order valence-electron chi connectivity index (χ4n) is 3.16. The van der Waals surface area contributed by atoms with Crippen LogP contribution in [0.25, 0.3) is 0 Å². The van der Waals surface area contributed by atoms with E-state index in [-0.39, 0.29) is 11.9 Å². The van der Waals surface area contributed by atoms with Gasteiger partial charge in [-0.05, 0) is 44.2 Å². The quantitative estimate of drug-likeness (QED) is 0.939. The van der Waals surface area contributed by atoms with Gasteiger partial charge in [0, 0.05) is 32.1 Å². The van der Waals surface area contributed by atoms with E-state index in [0.717, 1.165) is 31.4 Å². The van der Waals surface area contributed by atoms with Crippen molar-refractivity contribution in [2.75, 3.05) is 0 Å². The molecule has 2 atom stereocenters. The van der Waals surface area contributed by atoms with Gasteiger partial charge in [-0.2, -0.15) is 0 Å². The largest absolute Gasteiger partial charge is 0.426 e. The molecule has 1 N–H and O–H groups in total. The van der Waals surface area contributed by atoms with E-state index in [1.165, 1.54) is 0 Å². The summed E-state index contributed by atoms with van der Waals surface area (Å²) in [7, 11) is 1.92. The van der Waals surface area contributed by atoms with Crippen molar-refractivity contribution >= 4 is 5.91 Å². The summed E-state index contributed by atoms with van der Waals surface area (Å²) >= 11 is 0. The Hall–Kier alpha value is -2.11. The molecule has 1 aliphatic rings.